The minimum atomic E-state index is -0.896. The smallest absolute Gasteiger partial charge is 0.407 e. The number of alkyl carbamates (subject to hydrolysis) is 2. The molecule has 0 aliphatic carbocycles. The molecule has 5 heterocycles. The van der Waals surface area contributed by atoms with Crippen molar-refractivity contribution in [3.05, 3.63) is 102 Å². The summed E-state index contributed by atoms with van der Waals surface area (Å²) in [7, 11) is 4.25. The van der Waals surface area contributed by atoms with E-state index in [-0.39, 0.29) is 35.7 Å². The summed E-state index contributed by atoms with van der Waals surface area (Å²) in [6.07, 6.45) is 3.34. The normalized spacial score (nSPS) is 19.6. The summed E-state index contributed by atoms with van der Waals surface area (Å²) in [5, 5.41) is 7.61. The van der Waals surface area contributed by atoms with Crippen LogP contribution in [0.25, 0.3) is 33.2 Å². The van der Waals surface area contributed by atoms with Crippen LogP contribution in [0.4, 0.5) is 15.3 Å². The third kappa shape index (κ3) is 8.04. The summed E-state index contributed by atoms with van der Waals surface area (Å²) in [4.78, 5) is 69.7. The van der Waals surface area contributed by atoms with Gasteiger partial charge >= 0.3 is 12.2 Å². The maximum atomic E-state index is 14.1. The van der Waals surface area contributed by atoms with E-state index in [0.717, 1.165) is 74.3 Å². The molecular formula is C49H53N7O8. The molecule has 1 aromatic heterocycles. The SMILES string of the molecule is COC[C@H]1C[C@@H](C2=Nc3ccc4cc5c(cc4c3C2)OCc2cc(-c3cnc([C@@H]4CCCN4C(=O)C(NC(=O)OC)c4ccccc4)[nH]3)ccc2-5)N(C(=O)[C@@H](NC(=O)OC)C(C)C)C1. The van der Waals surface area contributed by atoms with Crippen molar-refractivity contribution >= 4 is 46.2 Å². The molecule has 4 aliphatic rings. The number of likely N-dealkylation sites (tertiary alicyclic amines) is 2. The number of aromatic amines is 1. The summed E-state index contributed by atoms with van der Waals surface area (Å²) >= 11 is 0. The number of hydrogen-bond acceptors (Lipinski definition) is 10. The van der Waals surface area contributed by atoms with Crippen LogP contribution in [0, 0.1) is 11.8 Å². The van der Waals surface area contributed by atoms with Gasteiger partial charge in [0, 0.05) is 43.8 Å². The number of fused-ring (bicyclic) bond motifs is 6. The van der Waals surface area contributed by atoms with E-state index in [1.807, 2.05) is 55.3 Å². The number of carbonyl (C=O) groups excluding carboxylic acids is 4. The fourth-order valence-electron chi connectivity index (χ4n) is 9.85. The van der Waals surface area contributed by atoms with Gasteiger partial charge in [-0.15, -0.1) is 0 Å². The van der Waals surface area contributed by atoms with E-state index in [9.17, 15) is 19.2 Å². The highest BCUT2D eigenvalue weighted by atomic mass is 16.5. The van der Waals surface area contributed by atoms with Crippen molar-refractivity contribution in [2.24, 2.45) is 16.8 Å². The van der Waals surface area contributed by atoms with Gasteiger partial charge in [-0.25, -0.2) is 14.6 Å². The number of aromatic nitrogens is 2. The van der Waals surface area contributed by atoms with Crippen molar-refractivity contribution in [1.82, 2.24) is 30.4 Å². The Hall–Kier alpha value is -6.74. The lowest BCUT2D eigenvalue weighted by molar-refractivity contribution is -0.135. The molecule has 4 aromatic carbocycles. The molecule has 1 unspecified atom stereocenters. The Morgan fingerprint density at radius 2 is 1.69 bits per heavy atom. The fourth-order valence-corrected chi connectivity index (χ4v) is 9.85. The van der Waals surface area contributed by atoms with E-state index in [1.165, 1.54) is 14.2 Å². The summed E-state index contributed by atoms with van der Waals surface area (Å²) in [5.74, 6) is 1.10. The first-order valence-electron chi connectivity index (χ1n) is 21.9. The molecule has 5 aromatic rings. The first kappa shape index (κ1) is 42.6. The molecule has 332 valence electrons. The molecule has 0 radical (unpaired) electrons. The number of H-pyrrole nitrogens is 1. The van der Waals surface area contributed by atoms with Crippen LogP contribution < -0.4 is 15.4 Å². The molecule has 64 heavy (non-hydrogen) atoms. The molecular weight excluding hydrogens is 815 g/mol. The lowest BCUT2D eigenvalue weighted by Gasteiger charge is -2.31. The lowest BCUT2D eigenvalue weighted by Crippen LogP contribution is -2.53. The van der Waals surface area contributed by atoms with Gasteiger partial charge in [-0.3, -0.25) is 14.6 Å². The van der Waals surface area contributed by atoms with Gasteiger partial charge in [0.25, 0.3) is 5.91 Å². The highest BCUT2D eigenvalue weighted by Crippen LogP contribution is 2.45. The highest BCUT2D eigenvalue weighted by molar-refractivity contribution is 6.06. The second kappa shape index (κ2) is 17.8. The maximum Gasteiger partial charge on any atom is 0.407 e. The number of rotatable bonds is 11. The number of benzene rings is 4. The topological polar surface area (TPSA) is 177 Å². The Balaban J connectivity index is 0.937. The van der Waals surface area contributed by atoms with E-state index in [4.69, 9.17) is 28.9 Å². The van der Waals surface area contributed by atoms with Gasteiger partial charge in [-0.05, 0) is 88.0 Å². The molecule has 15 nitrogen and oxygen atoms in total. The van der Waals surface area contributed by atoms with Crippen LogP contribution in [0.1, 0.15) is 67.7 Å². The summed E-state index contributed by atoms with van der Waals surface area (Å²) < 4.78 is 21.7. The Kier molecular flexibility index (Phi) is 11.8. The van der Waals surface area contributed by atoms with E-state index in [2.05, 4.69) is 58.1 Å². The van der Waals surface area contributed by atoms with Crippen LogP contribution in [0.3, 0.4) is 0 Å². The zero-order chi connectivity index (χ0) is 44.6. The van der Waals surface area contributed by atoms with Gasteiger partial charge in [0.2, 0.25) is 5.91 Å². The first-order valence-corrected chi connectivity index (χ1v) is 21.9. The van der Waals surface area contributed by atoms with Crippen LogP contribution in [0.5, 0.6) is 5.75 Å². The van der Waals surface area contributed by atoms with E-state index in [0.29, 0.717) is 50.5 Å². The van der Waals surface area contributed by atoms with Gasteiger partial charge in [0.05, 0.1) is 50.5 Å². The van der Waals surface area contributed by atoms with Crippen LogP contribution in [-0.2, 0) is 36.8 Å². The molecule has 3 N–H and O–H groups in total. The number of imidazole rings is 1. The van der Waals surface area contributed by atoms with Gasteiger partial charge in [-0.1, -0.05) is 62.4 Å². The van der Waals surface area contributed by atoms with E-state index in [1.54, 1.807) is 12.0 Å². The number of carbonyl (C=O) groups is 4. The minimum Gasteiger partial charge on any atom is -0.488 e. The Labute approximate surface area is 371 Å². The van der Waals surface area contributed by atoms with Crippen molar-refractivity contribution in [1.29, 1.82) is 0 Å². The fraction of sp³-hybridized carbons (Fsp3) is 0.388. The number of aliphatic imine (C=N–C) groups is 1. The van der Waals surface area contributed by atoms with Crippen LogP contribution in [-0.4, -0.2) is 103 Å². The van der Waals surface area contributed by atoms with Gasteiger partial charge in [0.1, 0.15) is 30.3 Å². The second-order valence-electron chi connectivity index (χ2n) is 17.3. The number of methoxy groups -OCH3 is 3. The standard InChI is InChI=1S/C49H53N7O8/c1-27(2)43(53-48(59)62-4)46(57)56-24-28(25-61-3)18-41(56)38-21-35-34-22-42-36(20-30(34)14-16-37(35)51-38)33-15-13-31(19-32(33)26-64-42)39-23-50-45(52-39)40-12-9-17-55(40)47(58)44(54-49(60)63-5)29-10-7-6-8-11-29/h6-8,10-11,13-16,19-20,22-23,27-28,40-41,43-44H,9,12,17-18,21,24-26H2,1-5H3,(H,50,52)(H,53,59)(H,54,60)/t28-,40-,41-,43-,44?/m0/s1. The molecule has 2 fully saturated rings. The molecule has 2 saturated heterocycles. The molecule has 0 spiro atoms. The van der Waals surface area contributed by atoms with E-state index >= 15 is 0 Å². The monoisotopic (exact) mass is 867 g/mol. The molecule has 4 amide bonds. The van der Waals surface area contributed by atoms with Crippen LogP contribution in [0.15, 0.2) is 84.0 Å². The second-order valence-corrected chi connectivity index (χ2v) is 17.3. The molecule has 9 rings (SSSR count). The Morgan fingerprint density at radius 1 is 0.891 bits per heavy atom. The predicted molar refractivity (Wildman–Crippen MR) is 240 cm³/mol. The predicted octanol–water partition coefficient (Wildman–Crippen LogP) is 7.42. The van der Waals surface area contributed by atoms with Crippen molar-refractivity contribution < 1.29 is 38.1 Å². The van der Waals surface area contributed by atoms with Crippen molar-refractivity contribution in [3.8, 4) is 28.1 Å². The van der Waals surface area contributed by atoms with Crippen molar-refractivity contribution in [2.45, 2.75) is 70.3 Å². The summed E-state index contributed by atoms with van der Waals surface area (Å²) in [6.45, 7) is 5.78. The number of hydrogen-bond donors (Lipinski definition) is 3. The average Bonchev–Trinajstić information content (AvgIpc) is 4.15. The quantitative estimate of drug-likeness (QED) is 0.122. The number of ether oxygens (including phenoxy) is 4. The highest BCUT2D eigenvalue weighted by Gasteiger charge is 2.43. The van der Waals surface area contributed by atoms with E-state index < -0.39 is 24.3 Å². The zero-order valence-electron chi connectivity index (χ0n) is 36.7. The number of nitrogens with one attached hydrogen (secondary N) is 3. The van der Waals surface area contributed by atoms with Gasteiger partial charge in [-0.2, -0.15) is 0 Å². The largest absolute Gasteiger partial charge is 0.488 e. The van der Waals surface area contributed by atoms with Crippen LogP contribution in [0.2, 0.25) is 0 Å². The maximum absolute atomic E-state index is 14.1. The molecule has 0 bridgehead atoms. The summed E-state index contributed by atoms with van der Waals surface area (Å²) in [6, 6.07) is 21.8. The zero-order valence-corrected chi connectivity index (χ0v) is 36.7. The first-order chi connectivity index (χ1) is 31.0. The summed E-state index contributed by atoms with van der Waals surface area (Å²) in [5.41, 5.74) is 8.50. The minimum absolute atomic E-state index is 0.133. The number of nitrogens with zero attached hydrogens (tertiary/aromatic N) is 4. The third-order valence-electron chi connectivity index (χ3n) is 13.0. The Bertz CT molecular complexity index is 2640. The van der Waals surface area contributed by atoms with Crippen LogP contribution >= 0.6 is 0 Å². The third-order valence-corrected chi connectivity index (χ3v) is 13.0. The molecule has 5 atom stereocenters. The average molecular weight is 868 g/mol. The Morgan fingerprint density at radius 3 is 2.45 bits per heavy atom. The van der Waals surface area contributed by atoms with Crippen molar-refractivity contribution in [3.63, 3.8) is 0 Å². The van der Waals surface area contributed by atoms with Gasteiger partial charge < -0.3 is 44.4 Å². The lowest BCUT2D eigenvalue weighted by atomic mass is 9.90. The number of amides is 4. The molecule has 4 aliphatic heterocycles. The van der Waals surface area contributed by atoms with Gasteiger partial charge in [0.15, 0.2) is 0 Å². The van der Waals surface area contributed by atoms with Crippen molar-refractivity contribution in [2.75, 3.05) is 41.0 Å². The molecule has 15 heteroatoms. The molecule has 0 saturated carbocycles.